The molecule has 2 aromatic rings. The van der Waals surface area contributed by atoms with Crippen molar-refractivity contribution in [1.82, 2.24) is 10.3 Å². The Hall–Kier alpha value is -3.13. The van der Waals surface area contributed by atoms with E-state index < -0.39 is 5.92 Å². The van der Waals surface area contributed by atoms with E-state index in [9.17, 15) is 14.4 Å². The molecule has 0 spiro atoms. The summed E-state index contributed by atoms with van der Waals surface area (Å²) in [5, 5.41) is 7.73. The van der Waals surface area contributed by atoms with Gasteiger partial charge in [0.15, 0.2) is 5.13 Å². The summed E-state index contributed by atoms with van der Waals surface area (Å²) in [4.78, 5) is 43.2. The second-order valence-electron chi connectivity index (χ2n) is 6.01. The first-order valence-corrected chi connectivity index (χ1v) is 9.25. The minimum absolute atomic E-state index is 0.100. The van der Waals surface area contributed by atoms with Crippen LogP contribution in [0.25, 0.3) is 0 Å². The molecule has 0 fully saturated rings. The van der Waals surface area contributed by atoms with E-state index in [1.165, 1.54) is 29.7 Å². The summed E-state index contributed by atoms with van der Waals surface area (Å²) in [7, 11) is 0. The van der Waals surface area contributed by atoms with E-state index in [0.717, 1.165) is 5.56 Å². The smallest absolute Gasteiger partial charge is 0.269 e. The molecular weight excluding hydrogens is 364 g/mol. The van der Waals surface area contributed by atoms with Gasteiger partial charge in [-0.2, -0.15) is 0 Å². The monoisotopic (exact) mass is 382 g/mol. The number of carbonyl (C=O) groups is 3. The van der Waals surface area contributed by atoms with Crippen molar-refractivity contribution in [3.8, 4) is 0 Å². The van der Waals surface area contributed by atoms with Crippen molar-refractivity contribution in [2.75, 3.05) is 5.32 Å². The van der Waals surface area contributed by atoms with E-state index >= 15 is 0 Å². The van der Waals surface area contributed by atoms with E-state index in [0.29, 0.717) is 10.8 Å². The number of aliphatic imine (C=N–C) groups is 1. The molecule has 7 nitrogen and oxygen atoms in total. The Balaban J connectivity index is 1.52. The van der Waals surface area contributed by atoms with Crippen LogP contribution in [0.2, 0.25) is 0 Å². The van der Waals surface area contributed by atoms with Crippen molar-refractivity contribution in [1.29, 1.82) is 0 Å². The van der Waals surface area contributed by atoms with Crippen molar-refractivity contribution >= 4 is 40.4 Å². The zero-order valence-corrected chi connectivity index (χ0v) is 15.4. The van der Waals surface area contributed by atoms with Crippen molar-refractivity contribution < 1.29 is 14.4 Å². The first-order chi connectivity index (χ1) is 13.0. The number of thiazole rings is 1. The average Bonchev–Trinajstić information content (AvgIpc) is 3.09. The van der Waals surface area contributed by atoms with E-state index in [2.05, 4.69) is 20.6 Å². The first-order valence-electron chi connectivity index (χ1n) is 8.37. The van der Waals surface area contributed by atoms with Crippen LogP contribution >= 0.6 is 11.3 Å². The van der Waals surface area contributed by atoms with Gasteiger partial charge in [-0.05, 0) is 12.5 Å². The lowest BCUT2D eigenvalue weighted by atomic mass is 10.1. The summed E-state index contributed by atoms with van der Waals surface area (Å²) in [6.45, 7) is 1.92. The van der Waals surface area contributed by atoms with Crippen LogP contribution < -0.4 is 10.6 Å². The number of aromatic nitrogens is 1. The third-order valence-corrected chi connectivity index (χ3v) is 4.72. The van der Waals surface area contributed by atoms with Gasteiger partial charge in [-0.25, -0.2) is 9.98 Å². The van der Waals surface area contributed by atoms with Gasteiger partial charge >= 0.3 is 0 Å². The van der Waals surface area contributed by atoms with Gasteiger partial charge in [0.1, 0.15) is 0 Å². The second-order valence-corrected chi connectivity index (χ2v) is 6.87. The molecule has 1 aromatic carbocycles. The zero-order chi connectivity index (χ0) is 19.2. The third-order valence-electron chi connectivity index (χ3n) is 3.91. The largest absolute Gasteiger partial charge is 0.349 e. The lowest BCUT2D eigenvalue weighted by Crippen LogP contribution is -2.28. The highest BCUT2D eigenvalue weighted by atomic mass is 32.1. The number of carbonyl (C=O) groups excluding carboxylic acids is 3. The highest BCUT2D eigenvalue weighted by molar-refractivity contribution is 7.13. The molecule has 3 amide bonds. The van der Waals surface area contributed by atoms with Crippen LogP contribution in [0.1, 0.15) is 24.2 Å². The summed E-state index contributed by atoms with van der Waals surface area (Å²) < 4.78 is 0. The van der Waals surface area contributed by atoms with E-state index in [4.69, 9.17) is 0 Å². The van der Waals surface area contributed by atoms with Gasteiger partial charge in [0.25, 0.3) is 5.91 Å². The van der Waals surface area contributed by atoms with Crippen molar-refractivity contribution in [2.24, 2.45) is 10.9 Å². The van der Waals surface area contributed by atoms with Gasteiger partial charge in [0.05, 0.1) is 24.1 Å². The maximum atomic E-state index is 12.2. The summed E-state index contributed by atoms with van der Waals surface area (Å²) >= 11 is 1.24. The molecule has 0 radical (unpaired) electrons. The number of nitrogens with zero attached hydrogens (tertiary/aromatic N) is 2. The fraction of sp³-hybridized carbons (Fsp3) is 0.211. The summed E-state index contributed by atoms with van der Waals surface area (Å²) in [6, 6.07) is 9.59. The number of benzene rings is 1. The molecule has 2 atom stereocenters. The second kappa shape index (κ2) is 8.50. The molecular formula is C19H18N4O3S. The van der Waals surface area contributed by atoms with Crippen LogP contribution in [-0.4, -0.2) is 28.9 Å². The van der Waals surface area contributed by atoms with Crippen LogP contribution in [0.5, 0.6) is 0 Å². The number of hydrogen-bond donors (Lipinski definition) is 2. The predicted molar refractivity (Wildman–Crippen MR) is 104 cm³/mol. The number of dihydropyridines is 1. The number of hydrogen-bond acceptors (Lipinski definition) is 5. The maximum absolute atomic E-state index is 12.2. The molecule has 1 aliphatic heterocycles. The van der Waals surface area contributed by atoms with Gasteiger partial charge in [-0.1, -0.05) is 36.4 Å². The summed E-state index contributed by atoms with van der Waals surface area (Å²) in [5.74, 6) is -1.46. The SMILES string of the molecule is CC(NC(=O)Cc1csc(NC(=O)C2C=CC(=O)N=C2)n1)c1ccccc1. The number of anilines is 1. The van der Waals surface area contributed by atoms with E-state index in [-0.39, 0.29) is 30.2 Å². The molecule has 2 unspecified atom stereocenters. The molecule has 138 valence electrons. The lowest BCUT2D eigenvalue weighted by Gasteiger charge is -2.13. The number of nitrogens with one attached hydrogen (secondary N) is 2. The predicted octanol–water partition coefficient (Wildman–Crippen LogP) is 2.28. The van der Waals surface area contributed by atoms with Crippen molar-refractivity contribution in [3.05, 3.63) is 59.1 Å². The summed E-state index contributed by atoms with van der Waals surface area (Å²) in [6.07, 6.45) is 4.17. The van der Waals surface area contributed by atoms with Crippen LogP contribution in [0.3, 0.4) is 0 Å². The molecule has 8 heteroatoms. The fourth-order valence-corrected chi connectivity index (χ4v) is 3.22. The Kier molecular flexibility index (Phi) is 5.87. The Morgan fingerprint density at radius 2 is 2.04 bits per heavy atom. The third kappa shape index (κ3) is 5.18. The Labute approximate surface area is 160 Å². The van der Waals surface area contributed by atoms with Crippen LogP contribution in [0.4, 0.5) is 5.13 Å². The van der Waals surface area contributed by atoms with Gasteiger partial charge in [-0.3, -0.25) is 14.4 Å². The molecule has 0 bridgehead atoms. The number of amides is 3. The normalized spacial score (nSPS) is 16.8. The van der Waals surface area contributed by atoms with Gasteiger partial charge in [0.2, 0.25) is 11.8 Å². The first kappa shape index (κ1) is 18.7. The van der Waals surface area contributed by atoms with Gasteiger partial charge in [0, 0.05) is 17.7 Å². The number of rotatable bonds is 6. The summed E-state index contributed by atoms with van der Waals surface area (Å²) in [5.41, 5.74) is 1.61. The minimum atomic E-state index is -0.606. The minimum Gasteiger partial charge on any atom is -0.349 e. The van der Waals surface area contributed by atoms with Crippen LogP contribution in [0, 0.1) is 5.92 Å². The Bertz CT molecular complexity index is 889. The van der Waals surface area contributed by atoms with E-state index in [1.54, 1.807) is 5.38 Å². The molecule has 0 saturated heterocycles. The molecule has 3 rings (SSSR count). The van der Waals surface area contributed by atoms with Crippen molar-refractivity contribution in [2.45, 2.75) is 19.4 Å². The molecule has 1 aliphatic rings. The van der Waals surface area contributed by atoms with Crippen LogP contribution in [0.15, 0.2) is 52.9 Å². The lowest BCUT2D eigenvalue weighted by molar-refractivity contribution is -0.121. The quantitative estimate of drug-likeness (QED) is 0.800. The molecule has 2 heterocycles. The maximum Gasteiger partial charge on any atom is 0.269 e. The molecule has 2 N–H and O–H groups in total. The van der Waals surface area contributed by atoms with Crippen LogP contribution in [-0.2, 0) is 20.8 Å². The standard InChI is InChI=1S/C19H18N4O3S/c1-12(13-5-3-2-4-6-13)21-17(25)9-15-11-27-19(22-15)23-18(26)14-7-8-16(24)20-10-14/h2-8,10-12,14H,9H2,1H3,(H,21,25)(H,22,23,26). The molecule has 0 aliphatic carbocycles. The average molecular weight is 382 g/mol. The van der Waals surface area contributed by atoms with Crippen molar-refractivity contribution in [3.63, 3.8) is 0 Å². The fourth-order valence-electron chi connectivity index (χ4n) is 2.50. The van der Waals surface area contributed by atoms with Gasteiger partial charge in [-0.15, -0.1) is 11.3 Å². The molecule has 0 saturated carbocycles. The molecule has 1 aromatic heterocycles. The Morgan fingerprint density at radius 3 is 2.74 bits per heavy atom. The Morgan fingerprint density at radius 1 is 1.26 bits per heavy atom. The molecule has 27 heavy (non-hydrogen) atoms. The van der Waals surface area contributed by atoms with Gasteiger partial charge < -0.3 is 10.6 Å². The highest BCUT2D eigenvalue weighted by Crippen LogP contribution is 2.18. The van der Waals surface area contributed by atoms with E-state index in [1.807, 2.05) is 37.3 Å². The topological polar surface area (TPSA) is 101 Å². The highest BCUT2D eigenvalue weighted by Gasteiger charge is 2.18. The zero-order valence-electron chi connectivity index (χ0n) is 14.6.